The molecule has 0 heterocycles. The second-order valence-electron chi connectivity index (χ2n) is 4.40. The standard InChI is InChI=1S/C15H14O4S/c1-2-3-11-10-13(17)6-9-15(11)20(18,19)14-7-4-12(16)5-8-14/h2,4,6-10,17H,1,3,5H2. The first kappa shape index (κ1) is 14.3. The summed E-state index contributed by atoms with van der Waals surface area (Å²) in [4.78, 5) is 11.3. The highest BCUT2D eigenvalue weighted by atomic mass is 32.2. The van der Waals surface area contributed by atoms with Crippen molar-refractivity contribution >= 4 is 15.6 Å². The van der Waals surface area contributed by atoms with Crippen molar-refractivity contribution in [1.82, 2.24) is 0 Å². The Hall–Kier alpha value is -2.14. The van der Waals surface area contributed by atoms with Crippen LogP contribution >= 0.6 is 0 Å². The molecule has 1 aromatic carbocycles. The van der Waals surface area contributed by atoms with Gasteiger partial charge < -0.3 is 5.11 Å². The summed E-state index contributed by atoms with van der Waals surface area (Å²) in [6.07, 6.45) is 5.97. The van der Waals surface area contributed by atoms with Crippen LogP contribution in [0.15, 0.2) is 58.9 Å². The van der Waals surface area contributed by atoms with Crippen LogP contribution in [-0.4, -0.2) is 19.3 Å². The fourth-order valence-corrected chi connectivity index (χ4v) is 3.52. The first-order valence-corrected chi connectivity index (χ1v) is 7.52. The molecule has 0 saturated carbocycles. The number of phenols is 1. The number of phenolic OH excluding ortho intramolecular Hbond substituents is 1. The van der Waals surface area contributed by atoms with Crippen LogP contribution in [0, 0.1) is 0 Å². The lowest BCUT2D eigenvalue weighted by molar-refractivity contribution is -0.113. The van der Waals surface area contributed by atoms with Crippen LogP contribution in [-0.2, 0) is 21.1 Å². The predicted molar refractivity (Wildman–Crippen MR) is 76.0 cm³/mol. The summed E-state index contributed by atoms with van der Waals surface area (Å²) in [6.45, 7) is 3.58. The summed E-state index contributed by atoms with van der Waals surface area (Å²) >= 11 is 0. The van der Waals surface area contributed by atoms with Crippen LogP contribution in [0.1, 0.15) is 12.0 Å². The highest BCUT2D eigenvalue weighted by Crippen LogP contribution is 2.28. The number of benzene rings is 1. The van der Waals surface area contributed by atoms with Gasteiger partial charge in [0.2, 0.25) is 9.84 Å². The Kier molecular flexibility index (Phi) is 3.90. The third-order valence-corrected chi connectivity index (χ3v) is 4.85. The minimum atomic E-state index is -3.69. The Labute approximate surface area is 117 Å². The lowest BCUT2D eigenvalue weighted by Gasteiger charge is -2.12. The number of carbonyl (C=O) groups excluding carboxylic acids is 1. The van der Waals surface area contributed by atoms with Crippen molar-refractivity contribution in [3.8, 4) is 5.75 Å². The van der Waals surface area contributed by atoms with Crippen molar-refractivity contribution in [3.63, 3.8) is 0 Å². The summed E-state index contributed by atoms with van der Waals surface area (Å²) in [5.74, 6) is -0.120. The predicted octanol–water partition coefficient (Wildman–Crippen LogP) is 2.31. The van der Waals surface area contributed by atoms with Crippen LogP contribution in [0.25, 0.3) is 0 Å². The quantitative estimate of drug-likeness (QED) is 0.864. The number of hydrogen-bond donors (Lipinski definition) is 1. The van der Waals surface area contributed by atoms with Crippen LogP contribution in [0.5, 0.6) is 5.75 Å². The first-order chi connectivity index (χ1) is 9.45. The average molecular weight is 290 g/mol. The second kappa shape index (κ2) is 5.46. The van der Waals surface area contributed by atoms with E-state index in [9.17, 15) is 18.3 Å². The number of carbonyl (C=O) groups is 1. The van der Waals surface area contributed by atoms with E-state index >= 15 is 0 Å². The van der Waals surface area contributed by atoms with Gasteiger partial charge >= 0.3 is 0 Å². The van der Waals surface area contributed by atoms with Gasteiger partial charge in [-0.15, -0.1) is 6.58 Å². The summed E-state index contributed by atoms with van der Waals surface area (Å²) in [6, 6.07) is 4.11. The number of sulfone groups is 1. The zero-order valence-corrected chi connectivity index (χ0v) is 11.6. The molecule has 0 bridgehead atoms. The fourth-order valence-electron chi connectivity index (χ4n) is 1.98. The molecule has 0 saturated heterocycles. The minimum absolute atomic E-state index is 0.00384. The van der Waals surface area contributed by atoms with E-state index in [4.69, 9.17) is 0 Å². The van der Waals surface area contributed by atoms with Crippen molar-refractivity contribution in [1.29, 1.82) is 0 Å². The smallest absolute Gasteiger partial charge is 0.206 e. The molecule has 0 amide bonds. The van der Waals surface area contributed by atoms with Gasteiger partial charge in [-0.2, -0.15) is 0 Å². The van der Waals surface area contributed by atoms with Crippen LogP contribution < -0.4 is 0 Å². The van der Waals surface area contributed by atoms with Crippen molar-refractivity contribution in [3.05, 3.63) is 59.6 Å². The molecule has 1 N–H and O–H groups in total. The normalized spacial score (nSPS) is 15.0. The second-order valence-corrected chi connectivity index (χ2v) is 6.32. The van der Waals surface area contributed by atoms with E-state index in [0.717, 1.165) is 0 Å². The maximum Gasteiger partial charge on any atom is 0.206 e. The number of ketones is 1. The molecule has 0 radical (unpaired) electrons. The zero-order chi connectivity index (χ0) is 14.8. The molecule has 1 aliphatic carbocycles. The molecule has 5 heteroatoms. The molecular weight excluding hydrogens is 276 g/mol. The first-order valence-electron chi connectivity index (χ1n) is 6.04. The van der Waals surface area contributed by atoms with Gasteiger partial charge in [0.1, 0.15) is 5.75 Å². The van der Waals surface area contributed by atoms with Crippen LogP contribution in [0.3, 0.4) is 0 Å². The van der Waals surface area contributed by atoms with Crippen molar-refractivity contribution < 1.29 is 18.3 Å². The Morgan fingerprint density at radius 3 is 2.65 bits per heavy atom. The van der Waals surface area contributed by atoms with Crippen molar-refractivity contribution in [2.24, 2.45) is 0 Å². The molecule has 0 aliphatic heterocycles. The lowest BCUT2D eigenvalue weighted by atomic mass is 10.1. The molecule has 0 fully saturated rings. The van der Waals surface area contributed by atoms with Gasteiger partial charge in [0, 0.05) is 6.42 Å². The Morgan fingerprint density at radius 1 is 1.30 bits per heavy atom. The van der Waals surface area contributed by atoms with Gasteiger partial charge in [0.25, 0.3) is 0 Å². The number of allylic oxidation sites excluding steroid dienone is 4. The van der Waals surface area contributed by atoms with Crippen LogP contribution in [0.4, 0.5) is 0 Å². The highest BCUT2D eigenvalue weighted by Gasteiger charge is 2.23. The van der Waals surface area contributed by atoms with Gasteiger partial charge in [-0.1, -0.05) is 12.2 Å². The molecular formula is C15H14O4S. The molecule has 20 heavy (non-hydrogen) atoms. The van der Waals surface area contributed by atoms with E-state index in [1.165, 1.54) is 36.4 Å². The van der Waals surface area contributed by atoms with Crippen molar-refractivity contribution in [2.45, 2.75) is 17.7 Å². The fraction of sp³-hybridized carbons (Fsp3) is 0.133. The average Bonchev–Trinajstić information content (AvgIpc) is 2.39. The summed E-state index contributed by atoms with van der Waals surface area (Å²) < 4.78 is 25.1. The summed E-state index contributed by atoms with van der Waals surface area (Å²) in [5, 5.41) is 9.47. The molecule has 104 valence electrons. The van der Waals surface area contributed by atoms with Gasteiger partial charge in [-0.3, -0.25) is 4.79 Å². The van der Waals surface area contributed by atoms with E-state index < -0.39 is 9.84 Å². The molecule has 1 aromatic rings. The van der Waals surface area contributed by atoms with E-state index in [1.807, 2.05) is 0 Å². The molecule has 0 unspecified atom stereocenters. The van der Waals surface area contributed by atoms with Crippen molar-refractivity contribution in [2.75, 3.05) is 0 Å². The van der Waals surface area contributed by atoms with Gasteiger partial charge in [-0.25, -0.2) is 8.42 Å². The SMILES string of the molecule is C=CCc1cc(O)ccc1S(=O)(=O)C1=CCC(=O)C=C1. The molecule has 0 spiro atoms. The Balaban J connectivity index is 2.52. The van der Waals surface area contributed by atoms with E-state index in [1.54, 1.807) is 6.08 Å². The van der Waals surface area contributed by atoms with Gasteiger partial charge in [0.15, 0.2) is 5.78 Å². The monoisotopic (exact) mass is 290 g/mol. The largest absolute Gasteiger partial charge is 0.508 e. The molecule has 0 atom stereocenters. The maximum atomic E-state index is 12.6. The van der Waals surface area contributed by atoms with E-state index in [0.29, 0.717) is 12.0 Å². The topological polar surface area (TPSA) is 71.4 Å². The Morgan fingerprint density at radius 2 is 2.05 bits per heavy atom. The highest BCUT2D eigenvalue weighted by molar-refractivity contribution is 7.95. The number of hydrogen-bond acceptors (Lipinski definition) is 4. The lowest BCUT2D eigenvalue weighted by Crippen LogP contribution is -2.09. The minimum Gasteiger partial charge on any atom is -0.508 e. The van der Waals surface area contributed by atoms with Crippen LogP contribution in [0.2, 0.25) is 0 Å². The van der Waals surface area contributed by atoms with E-state index in [-0.39, 0.29) is 27.8 Å². The zero-order valence-electron chi connectivity index (χ0n) is 10.7. The summed E-state index contributed by atoms with van der Waals surface area (Å²) in [5.41, 5.74) is 0.478. The molecule has 1 aliphatic rings. The molecule has 4 nitrogen and oxygen atoms in total. The van der Waals surface area contributed by atoms with Gasteiger partial charge in [0.05, 0.1) is 9.80 Å². The third-order valence-electron chi connectivity index (χ3n) is 2.95. The number of rotatable bonds is 4. The number of aromatic hydroxyl groups is 1. The molecule has 2 rings (SSSR count). The Bertz CT molecular complexity index is 724. The molecule has 0 aromatic heterocycles. The summed E-state index contributed by atoms with van der Waals surface area (Å²) in [7, 11) is -3.69. The van der Waals surface area contributed by atoms with E-state index in [2.05, 4.69) is 6.58 Å². The maximum absolute atomic E-state index is 12.6. The third kappa shape index (κ3) is 2.72. The van der Waals surface area contributed by atoms with Gasteiger partial charge in [-0.05, 0) is 42.3 Å².